The van der Waals surface area contributed by atoms with Crippen LogP contribution in [0.4, 0.5) is 16.3 Å². The highest BCUT2D eigenvalue weighted by atomic mass is 35.5. The average Bonchev–Trinajstić information content (AvgIpc) is 2.48. The number of nitrogens with one attached hydrogen (secondary N) is 1. The summed E-state index contributed by atoms with van der Waals surface area (Å²) in [6.45, 7) is 5.31. The predicted molar refractivity (Wildman–Crippen MR) is 104 cm³/mol. The molecule has 0 aliphatic heterocycles. The van der Waals surface area contributed by atoms with E-state index < -0.39 is 11.7 Å². The molecule has 1 aromatic carbocycles. The van der Waals surface area contributed by atoms with Gasteiger partial charge in [-0.15, -0.1) is 0 Å². The zero-order valence-electron chi connectivity index (χ0n) is 15.0. The standard InChI is InChI=1S/C18H21ClN4O3/c1-18(2,3)26-17(24)23-15-8-12(19)9-16(22-15)25-13-5-6-14(20)11(7-13)10-21-4/h5-10H,20H2,1-4H3,(H,22,23,24). The van der Waals surface area contributed by atoms with Crippen LogP contribution in [-0.2, 0) is 4.74 Å². The Labute approximate surface area is 157 Å². The molecule has 0 saturated heterocycles. The molecule has 1 amide bonds. The largest absolute Gasteiger partial charge is 0.444 e. The molecule has 2 aromatic rings. The van der Waals surface area contributed by atoms with Gasteiger partial charge in [-0.3, -0.25) is 10.3 Å². The zero-order chi connectivity index (χ0) is 19.3. The van der Waals surface area contributed by atoms with Crippen LogP contribution in [0.15, 0.2) is 35.3 Å². The fourth-order valence-corrected chi connectivity index (χ4v) is 2.18. The monoisotopic (exact) mass is 376 g/mol. The number of rotatable bonds is 4. The number of carbonyl (C=O) groups excluding carboxylic acids is 1. The van der Waals surface area contributed by atoms with E-state index in [1.54, 1.807) is 52.2 Å². The molecule has 0 spiro atoms. The molecule has 0 saturated carbocycles. The number of amides is 1. The van der Waals surface area contributed by atoms with Crippen LogP contribution in [0.2, 0.25) is 5.02 Å². The third-order valence-electron chi connectivity index (χ3n) is 2.94. The second-order valence-corrected chi connectivity index (χ2v) is 6.85. The van der Waals surface area contributed by atoms with Gasteiger partial charge in [-0.2, -0.15) is 4.98 Å². The van der Waals surface area contributed by atoms with Crippen LogP contribution in [0, 0.1) is 0 Å². The number of aromatic nitrogens is 1. The third-order valence-corrected chi connectivity index (χ3v) is 3.16. The summed E-state index contributed by atoms with van der Waals surface area (Å²) in [5, 5.41) is 2.88. The Balaban J connectivity index is 2.19. The summed E-state index contributed by atoms with van der Waals surface area (Å²) in [6.07, 6.45) is 0.996. The van der Waals surface area contributed by atoms with Crippen LogP contribution in [0.5, 0.6) is 11.6 Å². The molecule has 0 radical (unpaired) electrons. The molecule has 0 aliphatic rings. The van der Waals surface area contributed by atoms with E-state index in [1.165, 1.54) is 12.1 Å². The minimum atomic E-state index is -0.632. The highest BCUT2D eigenvalue weighted by molar-refractivity contribution is 6.31. The number of anilines is 2. The van der Waals surface area contributed by atoms with E-state index in [-0.39, 0.29) is 11.7 Å². The number of nitrogen functional groups attached to an aromatic ring is 1. The Morgan fingerprint density at radius 1 is 1.31 bits per heavy atom. The van der Waals surface area contributed by atoms with Crippen molar-refractivity contribution in [3.8, 4) is 11.6 Å². The maximum Gasteiger partial charge on any atom is 0.413 e. The summed E-state index contributed by atoms with van der Waals surface area (Å²) >= 11 is 6.09. The highest BCUT2D eigenvalue weighted by Crippen LogP contribution is 2.27. The van der Waals surface area contributed by atoms with E-state index in [0.717, 1.165) is 5.56 Å². The smallest absolute Gasteiger partial charge is 0.413 e. The Bertz CT molecular complexity index is 832. The predicted octanol–water partition coefficient (Wildman–Crippen LogP) is 4.51. The molecule has 26 heavy (non-hydrogen) atoms. The molecule has 1 heterocycles. The van der Waals surface area contributed by atoms with Crippen molar-refractivity contribution in [3.63, 3.8) is 0 Å². The molecule has 7 nitrogen and oxygen atoms in total. The van der Waals surface area contributed by atoms with Crippen molar-refractivity contribution >= 4 is 35.4 Å². The average molecular weight is 377 g/mol. The van der Waals surface area contributed by atoms with E-state index in [4.69, 9.17) is 26.8 Å². The second-order valence-electron chi connectivity index (χ2n) is 6.42. The molecule has 2 rings (SSSR count). The maximum atomic E-state index is 11.9. The van der Waals surface area contributed by atoms with Crippen LogP contribution in [0.1, 0.15) is 26.3 Å². The lowest BCUT2D eigenvalue weighted by atomic mass is 10.2. The lowest BCUT2D eigenvalue weighted by Gasteiger charge is -2.19. The topological polar surface area (TPSA) is 98.8 Å². The van der Waals surface area contributed by atoms with Gasteiger partial charge in [-0.25, -0.2) is 4.79 Å². The van der Waals surface area contributed by atoms with Gasteiger partial charge in [-0.1, -0.05) is 11.6 Å². The lowest BCUT2D eigenvalue weighted by molar-refractivity contribution is 0.0635. The number of nitrogens with zero attached hydrogens (tertiary/aromatic N) is 2. The summed E-state index contributed by atoms with van der Waals surface area (Å²) in [5.74, 6) is 0.937. The van der Waals surface area contributed by atoms with Crippen LogP contribution in [0.25, 0.3) is 0 Å². The number of aliphatic imine (C=N–C) groups is 1. The van der Waals surface area contributed by atoms with Crippen molar-refractivity contribution in [2.45, 2.75) is 26.4 Å². The van der Waals surface area contributed by atoms with Gasteiger partial charge in [0, 0.05) is 35.6 Å². The molecule has 0 unspecified atom stereocenters. The van der Waals surface area contributed by atoms with Crippen molar-refractivity contribution in [1.82, 2.24) is 4.98 Å². The van der Waals surface area contributed by atoms with E-state index in [9.17, 15) is 4.79 Å². The van der Waals surface area contributed by atoms with Crippen molar-refractivity contribution in [2.24, 2.45) is 4.99 Å². The van der Waals surface area contributed by atoms with Gasteiger partial charge in [-0.05, 0) is 45.0 Å². The van der Waals surface area contributed by atoms with Crippen LogP contribution in [0.3, 0.4) is 0 Å². The Morgan fingerprint density at radius 2 is 2.04 bits per heavy atom. The molecule has 8 heteroatoms. The molecule has 0 aliphatic carbocycles. The van der Waals surface area contributed by atoms with E-state index in [0.29, 0.717) is 16.5 Å². The SMILES string of the molecule is CN=Cc1cc(Oc2cc(Cl)cc(NC(=O)OC(C)(C)C)n2)ccc1N. The Morgan fingerprint density at radius 3 is 2.69 bits per heavy atom. The van der Waals surface area contributed by atoms with E-state index in [2.05, 4.69) is 15.3 Å². The summed E-state index contributed by atoms with van der Waals surface area (Å²) in [5.41, 5.74) is 6.56. The number of nitrogens with two attached hydrogens (primary N) is 1. The first-order valence-corrected chi connectivity index (χ1v) is 8.21. The van der Waals surface area contributed by atoms with E-state index >= 15 is 0 Å². The fraction of sp³-hybridized carbons (Fsp3) is 0.278. The molecule has 0 fully saturated rings. The lowest BCUT2D eigenvalue weighted by Crippen LogP contribution is -2.27. The number of ether oxygens (including phenoxy) is 2. The van der Waals surface area contributed by atoms with Crippen molar-refractivity contribution in [3.05, 3.63) is 40.9 Å². The minimum Gasteiger partial charge on any atom is -0.444 e. The Hall–Kier alpha value is -2.80. The van der Waals surface area contributed by atoms with Crippen LogP contribution >= 0.6 is 11.6 Å². The quantitative estimate of drug-likeness (QED) is 0.604. The van der Waals surface area contributed by atoms with Crippen molar-refractivity contribution in [1.29, 1.82) is 0 Å². The normalized spacial score (nSPS) is 11.4. The van der Waals surface area contributed by atoms with Crippen LogP contribution < -0.4 is 15.8 Å². The number of benzene rings is 1. The summed E-state index contributed by atoms with van der Waals surface area (Å²) in [4.78, 5) is 20.0. The van der Waals surface area contributed by atoms with Gasteiger partial charge in [0.2, 0.25) is 5.88 Å². The molecular weight excluding hydrogens is 356 g/mol. The number of carbonyl (C=O) groups is 1. The number of hydrogen-bond acceptors (Lipinski definition) is 6. The first-order chi connectivity index (χ1) is 12.2. The van der Waals surface area contributed by atoms with Crippen molar-refractivity contribution in [2.75, 3.05) is 18.1 Å². The van der Waals surface area contributed by atoms with Crippen molar-refractivity contribution < 1.29 is 14.3 Å². The summed E-state index contributed by atoms with van der Waals surface area (Å²) in [7, 11) is 1.65. The van der Waals surface area contributed by atoms with Crippen LogP contribution in [-0.4, -0.2) is 29.9 Å². The van der Waals surface area contributed by atoms with Gasteiger partial charge in [0.1, 0.15) is 17.2 Å². The second kappa shape index (κ2) is 8.05. The third kappa shape index (κ3) is 5.93. The fourth-order valence-electron chi connectivity index (χ4n) is 1.99. The first kappa shape index (κ1) is 19.5. The van der Waals surface area contributed by atoms with Gasteiger partial charge >= 0.3 is 6.09 Å². The van der Waals surface area contributed by atoms with Gasteiger partial charge in [0.15, 0.2) is 0 Å². The molecule has 1 aromatic heterocycles. The molecule has 3 N–H and O–H groups in total. The highest BCUT2D eigenvalue weighted by Gasteiger charge is 2.17. The number of halogens is 1. The molecular formula is C18H21ClN4O3. The number of pyridine rings is 1. The molecule has 0 bridgehead atoms. The van der Waals surface area contributed by atoms with Gasteiger partial charge < -0.3 is 15.2 Å². The molecule has 138 valence electrons. The minimum absolute atomic E-state index is 0.215. The summed E-state index contributed by atoms with van der Waals surface area (Å²) in [6, 6.07) is 8.16. The zero-order valence-corrected chi connectivity index (χ0v) is 15.8. The maximum absolute atomic E-state index is 11.9. The van der Waals surface area contributed by atoms with Gasteiger partial charge in [0.25, 0.3) is 0 Å². The van der Waals surface area contributed by atoms with Gasteiger partial charge in [0.05, 0.1) is 0 Å². The Kier molecular flexibility index (Phi) is 6.05. The summed E-state index contributed by atoms with van der Waals surface area (Å²) < 4.78 is 10.9. The number of hydrogen-bond donors (Lipinski definition) is 2. The first-order valence-electron chi connectivity index (χ1n) is 7.83. The molecule has 0 atom stereocenters. The van der Waals surface area contributed by atoms with E-state index in [1.807, 2.05) is 0 Å².